The minimum Gasteiger partial charge on any atom is -0.312 e. The fourth-order valence-electron chi connectivity index (χ4n) is 3.34. The summed E-state index contributed by atoms with van der Waals surface area (Å²) in [6.07, 6.45) is 0.396. The Morgan fingerprint density at radius 1 is 1.07 bits per heavy atom. The van der Waals surface area contributed by atoms with Gasteiger partial charge in [0, 0.05) is 30.1 Å². The Morgan fingerprint density at radius 2 is 1.83 bits per heavy atom. The number of aromatic nitrogens is 2. The average Bonchev–Trinajstić information content (AvgIpc) is 3.31. The molecular weight excluding hydrogens is 384 g/mol. The maximum Gasteiger partial charge on any atom is 0.257 e. The molecule has 0 radical (unpaired) electrons. The quantitative estimate of drug-likeness (QED) is 0.703. The molecule has 2 amide bonds. The van der Waals surface area contributed by atoms with Crippen molar-refractivity contribution in [3.63, 3.8) is 0 Å². The first-order valence-electron chi connectivity index (χ1n) is 9.50. The number of rotatable bonds is 4. The zero-order valence-corrected chi connectivity index (χ0v) is 17.4. The summed E-state index contributed by atoms with van der Waals surface area (Å²) >= 11 is 1.33. The third-order valence-corrected chi connectivity index (χ3v) is 6.25. The van der Waals surface area contributed by atoms with E-state index in [0.29, 0.717) is 23.7 Å². The number of nitrogens with one attached hydrogen (secondary N) is 1. The second kappa shape index (κ2) is 7.75. The molecule has 0 unspecified atom stereocenters. The number of carbonyl (C=O) groups is 2. The molecule has 0 spiro atoms. The number of anilines is 2. The molecule has 1 aliphatic heterocycles. The lowest BCUT2D eigenvalue weighted by Gasteiger charge is -2.17. The summed E-state index contributed by atoms with van der Waals surface area (Å²) in [4.78, 5) is 26.7. The van der Waals surface area contributed by atoms with Crippen molar-refractivity contribution in [2.75, 3.05) is 16.8 Å². The van der Waals surface area contributed by atoms with Crippen LogP contribution in [0.3, 0.4) is 0 Å². The highest BCUT2D eigenvalue weighted by Crippen LogP contribution is 2.34. The first-order valence-corrected chi connectivity index (χ1v) is 10.3. The van der Waals surface area contributed by atoms with Gasteiger partial charge in [-0.1, -0.05) is 35.1 Å². The Bertz CT molecular complexity index is 1070. The maximum absolute atomic E-state index is 12.6. The predicted molar refractivity (Wildman–Crippen MR) is 115 cm³/mol. The zero-order chi connectivity index (χ0) is 20.5. The van der Waals surface area contributed by atoms with Crippen molar-refractivity contribution in [2.24, 2.45) is 0 Å². The van der Waals surface area contributed by atoms with Gasteiger partial charge in [-0.3, -0.25) is 14.9 Å². The van der Waals surface area contributed by atoms with E-state index in [4.69, 9.17) is 0 Å². The van der Waals surface area contributed by atoms with E-state index >= 15 is 0 Å². The van der Waals surface area contributed by atoms with E-state index < -0.39 is 0 Å². The van der Waals surface area contributed by atoms with Crippen LogP contribution in [0, 0.1) is 20.8 Å². The largest absolute Gasteiger partial charge is 0.312 e. The molecule has 29 heavy (non-hydrogen) atoms. The fraction of sp³-hybridized carbons (Fsp3) is 0.273. The molecule has 148 valence electrons. The maximum atomic E-state index is 12.6. The smallest absolute Gasteiger partial charge is 0.257 e. The highest BCUT2D eigenvalue weighted by Gasteiger charge is 2.34. The SMILES string of the molecule is Cc1ccc(C(=O)Nc2nnc([C@H]3CC(=O)N(c4ccc(C)c(C)c4)C3)s2)cc1. The minimum absolute atomic E-state index is 0.0216. The molecule has 2 aromatic carbocycles. The second-order valence-electron chi connectivity index (χ2n) is 7.44. The van der Waals surface area contributed by atoms with E-state index in [-0.39, 0.29) is 17.7 Å². The summed E-state index contributed by atoms with van der Waals surface area (Å²) in [7, 11) is 0. The van der Waals surface area contributed by atoms with Crippen LogP contribution >= 0.6 is 11.3 Å². The lowest BCUT2D eigenvalue weighted by molar-refractivity contribution is -0.117. The number of aryl methyl sites for hydroxylation is 3. The van der Waals surface area contributed by atoms with Crippen molar-refractivity contribution in [2.45, 2.75) is 33.1 Å². The fourth-order valence-corrected chi connectivity index (χ4v) is 4.17. The number of hydrogen-bond donors (Lipinski definition) is 1. The molecule has 0 bridgehead atoms. The molecule has 0 aliphatic carbocycles. The molecule has 1 aromatic heterocycles. The Labute approximate surface area is 173 Å². The van der Waals surface area contributed by atoms with Crippen molar-refractivity contribution in [3.05, 3.63) is 69.7 Å². The van der Waals surface area contributed by atoms with E-state index in [1.165, 1.54) is 16.9 Å². The van der Waals surface area contributed by atoms with E-state index in [1.807, 2.05) is 49.1 Å². The molecule has 1 N–H and O–H groups in total. The molecule has 7 heteroatoms. The van der Waals surface area contributed by atoms with Crippen molar-refractivity contribution in [1.29, 1.82) is 0 Å². The minimum atomic E-state index is -0.216. The molecule has 1 fully saturated rings. The monoisotopic (exact) mass is 406 g/mol. The van der Waals surface area contributed by atoms with Crippen molar-refractivity contribution < 1.29 is 9.59 Å². The van der Waals surface area contributed by atoms with E-state index in [2.05, 4.69) is 22.4 Å². The van der Waals surface area contributed by atoms with Gasteiger partial charge in [-0.15, -0.1) is 10.2 Å². The van der Waals surface area contributed by atoms with Crippen LogP contribution in [0.25, 0.3) is 0 Å². The molecule has 0 saturated carbocycles. The van der Waals surface area contributed by atoms with Gasteiger partial charge >= 0.3 is 0 Å². The van der Waals surface area contributed by atoms with Gasteiger partial charge in [0.15, 0.2) is 0 Å². The lowest BCUT2D eigenvalue weighted by atomic mass is 10.1. The Kier molecular flexibility index (Phi) is 5.15. The Balaban J connectivity index is 1.45. The van der Waals surface area contributed by atoms with Crippen molar-refractivity contribution >= 4 is 34.0 Å². The highest BCUT2D eigenvalue weighted by atomic mass is 32.1. The standard InChI is InChI=1S/C22H22N4O2S/c1-13-4-7-16(8-5-13)20(28)23-22-25-24-21(29-22)17-11-19(27)26(12-17)18-9-6-14(2)15(3)10-18/h4-10,17H,11-12H2,1-3H3,(H,23,25,28)/t17-/m0/s1. The Morgan fingerprint density at radius 3 is 2.55 bits per heavy atom. The van der Waals surface area contributed by atoms with E-state index in [0.717, 1.165) is 21.8 Å². The van der Waals surface area contributed by atoms with Crippen LogP contribution in [-0.4, -0.2) is 28.6 Å². The van der Waals surface area contributed by atoms with Crippen molar-refractivity contribution in [1.82, 2.24) is 10.2 Å². The molecule has 2 heterocycles. The molecule has 1 saturated heterocycles. The third kappa shape index (κ3) is 4.05. The van der Waals surface area contributed by atoms with Crippen LogP contribution < -0.4 is 10.2 Å². The summed E-state index contributed by atoms with van der Waals surface area (Å²) in [5.74, 6) is -0.155. The summed E-state index contributed by atoms with van der Waals surface area (Å²) in [6.45, 7) is 6.65. The molecule has 1 atom stereocenters. The third-order valence-electron chi connectivity index (χ3n) is 5.25. The number of nitrogens with zero attached hydrogens (tertiary/aromatic N) is 3. The van der Waals surface area contributed by atoms with Crippen LogP contribution in [0.15, 0.2) is 42.5 Å². The first kappa shape index (κ1) is 19.3. The second-order valence-corrected chi connectivity index (χ2v) is 8.45. The molecular formula is C22H22N4O2S. The highest BCUT2D eigenvalue weighted by molar-refractivity contribution is 7.15. The number of benzene rings is 2. The van der Waals surface area contributed by atoms with Gasteiger partial charge < -0.3 is 4.90 Å². The van der Waals surface area contributed by atoms with Crippen LogP contribution in [0.2, 0.25) is 0 Å². The van der Waals surface area contributed by atoms with E-state index in [9.17, 15) is 9.59 Å². The predicted octanol–water partition coefficient (Wildman–Crippen LogP) is 4.24. The van der Waals surface area contributed by atoms with Crippen LogP contribution in [0.4, 0.5) is 10.8 Å². The summed E-state index contributed by atoms with van der Waals surface area (Å²) < 4.78 is 0. The van der Waals surface area contributed by atoms with Gasteiger partial charge in [0.25, 0.3) is 5.91 Å². The summed E-state index contributed by atoms with van der Waals surface area (Å²) in [5.41, 5.74) is 4.95. The van der Waals surface area contributed by atoms with Gasteiger partial charge in [-0.25, -0.2) is 0 Å². The Hall–Kier alpha value is -3.06. The molecule has 4 rings (SSSR count). The van der Waals surface area contributed by atoms with Crippen LogP contribution in [-0.2, 0) is 4.79 Å². The molecule has 3 aromatic rings. The van der Waals surface area contributed by atoms with E-state index in [1.54, 1.807) is 12.1 Å². The number of amides is 2. The van der Waals surface area contributed by atoms with Crippen LogP contribution in [0.1, 0.15) is 44.4 Å². The number of hydrogen-bond acceptors (Lipinski definition) is 5. The van der Waals surface area contributed by atoms with Gasteiger partial charge in [-0.05, 0) is 56.2 Å². The van der Waals surface area contributed by atoms with Gasteiger partial charge in [0.1, 0.15) is 5.01 Å². The van der Waals surface area contributed by atoms with Crippen molar-refractivity contribution in [3.8, 4) is 0 Å². The normalized spacial score (nSPS) is 16.3. The lowest BCUT2D eigenvalue weighted by Crippen LogP contribution is -2.24. The zero-order valence-electron chi connectivity index (χ0n) is 16.6. The molecule has 6 nitrogen and oxygen atoms in total. The van der Waals surface area contributed by atoms with Gasteiger partial charge in [0.05, 0.1) is 0 Å². The van der Waals surface area contributed by atoms with Crippen LogP contribution in [0.5, 0.6) is 0 Å². The number of carbonyl (C=O) groups excluding carboxylic acids is 2. The average molecular weight is 407 g/mol. The summed E-state index contributed by atoms with van der Waals surface area (Å²) in [5, 5.41) is 12.3. The first-order chi connectivity index (χ1) is 13.9. The van der Waals surface area contributed by atoms with Gasteiger partial charge in [-0.2, -0.15) is 0 Å². The molecule has 1 aliphatic rings. The van der Waals surface area contributed by atoms with Gasteiger partial charge in [0.2, 0.25) is 11.0 Å². The topological polar surface area (TPSA) is 75.2 Å². The summed E-state index contributed by atoms with van der Waals surface area (Å²) in [6, 6.07) is 13.4.